The number of Topliss-reactive ketones (excluding diaryl/α,β-unsaturated/α-hetero) is 2. The molecule has 0 radical (unpaired) electrons. The van der Waals surface area contributed by atoms with Crippen LogP contribution < -0.4 is 0 Å². The van der Waals surface area contributed by atoms with Gasteiger partial charge in [0.1, 0.15) is 5.60 Å². The molecule has 0 fully saturated rings. The normalized spacial score (nSPS) is 10.9. The summed E-state index contributed by atoms with van der Waals surface area (Å²) in [6.07, 6.45) is 0.644. The van der Waals surface area contributed by atoms with Crippen molar-refractivity contribution in [3.63, 3.8) is 0 Å². The Labute approximate surface area is 83.6 Å². The molecule has 0 aliphatic carbocycles. The number of carbonyl (C=O) groups excluding carboxylic acids is 3. The van der Waals surface area contributed by atoms with Crippen molar-refractivity contribution in [1.29, 1.82) is 0 Å². The molecule has 0 saturated heterocycles. The molecule has 0 aromatic carbocycles. The third kappa shape index (κ3) is 4.74. The third-order valence-corrected chi connectivity index (χ3v) is 1.31. The Morgan fingerprint density at radius 1 is 1.14 bits per heavy atom. The van der Waals surface area contributed by atoms with E-state index >= 15 is 0 Å². The predicted octanol–water partition coefficient (Wildman–Crippen LogP) is 1.27. The molecule has 14 heavy (non-hydrogen) atoms. The number of ketones is 2. The van der Waals surface area contributed by atoms with Crippen molar-refractivity contribution in [3.05, 3.63) is 0 Å². The van der Waals surface area contributed by atoms with Gasteiger partial charge in [0.2, 0.25) is 5.78 Å². The molecule has 0 heterocycles. The van der Waals surface area contributed by atoms with Gasteiger partial charge >= 0.3 is 11.8 Å². The fourth-order valence-corrected chi connectivity index (χ4v) is 0.779. The van der Waals surface area contributed by atoms with Crippen LogP contribution in [-0.4, -0.2) is 23.1 Å². The highest BCUT2D eigenvalue weighted by molar-refractivity contribution is 6.62. The first-order valence-electron chi connectivity index (χ1n) is 4.58. The summed E-state index contributed by atoms with van der Waals surface area (Å²) in [5, 5.41) is 0. The maximum absolute atomic E-state index is 11.1. The minimum Gasteiger partial charge on any atom is -0.454 e. The van der Waals surface area contributed by atoms with E-state index in [0.29, 0.717) is 6.42 Å². The highest BCUT2D eigenvalue weighted by Gasteiger charge is 2.27. The minimum atomic E-state index is -1.06. The Hall–Kier alpha value is -1.19. The van der Waals surface area contributed by atoms with E-state index in [1.165, 1.54) is 0 Å². The van der Waals surface area contributed by atoms with Crippen LogP contribution in [0.1, 0.15) is 40.5 Å². The van der Waals surface area contributed by atoms with E-state index in [0.717, 1.165) is 0 Å². The van der Waals surface area contributed by atoms with E-state index in [9.17, 15) is 14.4 Å². The van der Waals surface area contributed by atoms with Crippen molar-refractivity contribution in [2.45, 2.75) is 46.1 Å². The van der Waals surface area contributed by atoms with E-state index in [4.69, 9.17) is 4.74 Å². The Morgan fingerprint density at radius 3 is 2.00 bits per heavy atom. The van der Waals surface area contributed by atoms with Gasteiger partial charge in [-0.15, -0.1) is 0 Å². The lowest BCUT2D eigenvalue weighted by molar-refractivity contribution is -0.164. The monoisotopic (exact) mass is 200 g/mol. The highest BCUT2D eigenvalue weighted by Crippen LogP contribution is 2.07. The zero-order valence-electron chi connectivity index (χ0n) is 9.05. The molecule has 4 heteroatoms. The van der Waals surface area contributed by atoms with Crippen molar-refractivity contribution in [2.24, 2.45) is 0 Å². The quantitative estimate of drug-likeness (QED) is 0.389. The van der Waals surface area contributed by atoms with Crippen LogP contribution in [0.5, 0.6) is 0 Å². The molecule has 0 aromatic rings. The molecule has 0 rings (SSSR count). The molecule has 80 valence electrons. The van der Waals surface area contributed by atoms with Gasteiger partial charge in [-0.2, -0.15) is 0 Å². The molecule has 0 amide bonds. The fraction of sp³-hybridized carbons (Fsp3) is 0.700. The Morgan fingerprint density at radius 2 is 1.64 bits per heavy atom. The summed E-state index contributed by atoms with van der Waals surface area (Å²) in [6, 6.07) is 0. The Balaban J connectivity index is 4.27. The first-order valence-corrected chi connectivity index (χ1v) is 4.58. The number of ether oxygens (including phenoxy) is 1. The summed E-state index contributed by atoms with van der Waals surface area (Å²) in [4.78, 5) is 33.2. The Bertz CT molecular complexity index is 247. The molecule has 0 N–H and O–H groups in total. The second-order valence-corrected chi connectivity index (χ2v) is 4.00. The molecule has 0 aliphatic heterocycles. The SMILES string of the molecule is CCCC(=O)C(=O)C(=O)OC(C)(C)C. The van der Waals surface area contributed by atoms with Crippen LogP contribution >= 0.6 is 0 Å². The van der Waals surface area contributed by atoms with Gasteiger partial charge in [-0.05, 0) is 27.2 Å². The summed E-state index contributed by atoms with van der Waals surface area (Å²) in [5.41, 5.74) is -0.737. The minimum absolute atomic E-state index is 0.0953. The summed E-state index contributed by atoms with van der Waals surface area (Å²) in [5.74, 6) is -2.79. The number of rotatable bonds is 4. The van der Waals surface area contributed by atoms with Gasteiger partial charge in [0.25, 0.3) is 0 Å². The van der Waals surface area contributed by atoms with Crippen molar-refractivity contribution in [3.8, 4) is 0 Å². The van der Waals surface area contributed by atoms with Crippen molar-refractivity contribution in [1.82, 2.24) is 0 Å². The average Bonchev–Trinajstić information content (AvgIpc) is 2.00. The van der Waals surface area contributed by atoms with Crippen molar-refractivity contribution < 1.29 is 19.1 Å². The highest BCUT2D eigenvalue weighted by atomic mass is 16.6. The van der Waals surface area contributed by atoms with Crippen molar-refractivity contribution >= 4 is 17.5 Å². The van der Waals surface area contributed by atoms with Gasteiger partial charge < -0.3 is 4.74 Å². The van der Waals surface area contributed by atoms with Crippen molar-refractivity contribution in [2.75, 3.05) is 0 Å². The fourth-order valence-electron chi connectivity index (χ4n) is 0.779. The van der Waals surface area contributed by atoms with Crippen LogP contribution in [0.15, 0.2) is 0 Å². The van der Waals surface area contributed by atoms with E-state index < -0.39 is 23.1 Å². The third-order valence-electron chi connectivity index (χ3n) is 1.31. The molecular weight excluding hydrogens is 184 g/mol. The maximum Gasteiger partial charge on any atom is 0.383 e. The molecule has 0 aromatic heterocycles. The molecule has 0 aliphatic rings. The smallest absolute Gasteiger partial charge is 0.383 e. The summed E-state index contributed by atoms with van der Waals surface area (Å²) >= 11 is 0. The second kappa shape index (κ2) is 4.88. The van der Waals surface area contributed by atoms with Gasteiger partial charge in [0, 0.05) is 6.42 Å². The van der Waals surface area contributed by atoms with Crippen LogP contribution in [0.25, 0.3) is 0 Å². The van der Waals surface area contributed by atoms with Gasteiger partial charge in [-0.1, -0.05) is 6.92 Å². The average molecular weight is 200 g/mol. The lowest BCUT2D eigenvalue weighted by Crippen LogP contribution is -2.32. The zero-order valence-corrected chi connectivity index (χ0v) is 9.05. The molecule has 0 saturated carbocycles. The first kappa shape index (κ1) is 12.8. The molecule has 4 nitrogen and oxygen atoms in total. The lowest BCUT2D eigenvalue weighted by atomic mass is 10.1. The van der Waals surface area contributed by atoms with Gasteiger partial charge in [-0.25, -0.2) is 4.79 Å². The lowest BCUT2D eigenvalue weighted by Gasteiger charge is -2.18. The summed E-state index contributed by atoms with van der Waals surface area (Å²) in [7, 11) is 0. The summed E-state index contributed by atoms with van der Waals surface area (Å²) < 4.78 is 4.76. The molecule has 0 bridgehead atoms. The maximum atomic E-state index is 11.1. The van der Waals surface area contributed by atoms with Gasteiger partial charge in [0.05, 0.1) is 0 Å². The molecule has 0 spiro atoms. The summed E-state index contributed by atoms with van der Waals surface area (Å²) in [6.45, 7) is 6.69. The van der Waals surface area contributed by atoms with E-state index in [2.05, 4.69) is 0 Å². The van der Waals surface area contributed by atoms with E-state index in [-0.39, 0.29) is 6.42 Å². The standard InChI is InChI=1S/C10H16O4/c1-5-6-7(11)8(12)9(13)14-10(2,3)4/h5-6H2,1-4H3. The number of esters is 1. The van der Waals surface area contributed by atoms with Gasteiger partial charge in [0.15, 0.2) is 0 Å². The topological polar surface area (TPSA) is 60.4 Å². The molecule has 0 unspecified atom stereocenters. The zero-order chi connectivity index (χ0) is 11.4. The van der Waals surface area contributed by atoms with Crippen LogP contribution in [0.4, 0.5) is 0 Å². The van der Waals surface area contributed by atoms with Crippen LogP contribution in [0.3, 0.4) is 0 Å². The number of hydrogen-bond acceptors (Lipinski definition) is 4. The second-order valence-electron chi connectivity index (χ2n) is 4.00. The van der Waals surface area contributed by atoms with E-state index in [1.54, 1.807) is 27.7 Å². The van der Waals surface area contributed by atoms with E-state index in [1.807, 2.05) is 0 Å². The molecule has 0 atom stereocenters. The Kier molecular flexibility index (Phi) is 4.47. The van der Waals surface area contributed by atoms with Crippen LogP contribution in [0.2, 0.25) is 0 Å². The number of hydrogen-bond donors (Lipinski definition) is 0. The first-order chi connectivity index (χ1) is 6.28. The van der Waals surface area contributed by atoms with Crippen LogP contribution in [0, 0.1) is 0 Å². The predicted molar refractivity (Wildman–Crippen MR) is 50.8 cm³/mol. The number of carbonyl (C=O) groups is 3. The largest absolute Gasteiger partial charge is 0.454 e. The molecular formula is C10H16O4. The van der Waals surface area contributed by atoms with Crippen LogP contribution in [-0.2, 0) is 19.1 Å². The van der Waals surface area contributed by atoms with Gasteiger partial charge in [-0.3, -0.25) is 9.59 Å².